The number of carbonyl (C=O) groups excluding carboxylic acids is 1. The number of carbonyl (C=O) groups is 1. The van der Waals surface area contributed by atoms with Crippen LogP contribution in [0.3, 0.4) is 0 Å². The predicted octanol–water partition coefficient (Wildman–Crippen LogP) is 4.51. The lowest BCUT2D eigenvalue weighted by atomic mass is 9.82. The lowest BCUT2D eigenvalue weighted by Crippen LogP contribution is -2.15. The van der Waals surface area contributed by atoms with E-state index in [1.807, 2.05) is 12.1 Å². The highest BCUT2D eigenvalue weighted by molar-refractivity contribution is 5.82. The third kappa shape index (κ3) is 3.62. The van der Waals surface area contributed by atoms with Crippen molar-refractivity contribution in [2.45, 2.75) is 58.3 Å². The minimum absolute atomic E-state index is 0.217. The van der Waals surface area contributed by atoms with Gasteiger partial charge in [0, 0.05) is 12.3 Å². The van der Waals surface area contributed by atoms with Crippen molar-refractivity contribution in [2.75, 3.05) is 6.61 Å². The van der Waals surface area contributed by atoms with Gasteiger partial charge < -0.3 is 4.74 Å². The number of hydrogen-bond donors (Lipinski definition) is 0. The number of benzene rings is 1. The Balaban J connectivity index is 1.83. The number of hydrogen-bond acceptors (Lipinski definition) is 2. The molecule has 1 unspecified atom stereocenters. The normalized spacial score (nSPS) is 19.4. The molecule has 2 rings (SSSR count). The highest BCUT2D eigenvalue weighted by Gasteiger charge is 2.24. The minimum atomic E-state index is 0.217. The molecule has 1 aromatic carbocycles. The van der Waals surface area contributed by atoms with Crippen LogP contribution >= 0.6 is 0 Å². The molecule has 0 aromatic heterocycles. The molecule has 0 spiro atoms. The Morgan fingerprint density at radius 2 is 1.95 bits per heavy atom. The van der Waals surface area contributed by atoms with Gasteiger partial charge in [0.05, 0.1) is 6.61 Å². The number of Topliss-reactive ketones (excluding diaryl/α,β-unsaturated/α-hetero) is 1. The summed E-state index contributed by atoms with van der Waals surface area (Å²) in [6.45, 7) is 7.37. The largest absolute Gasteiger partial charge is 0.494 e. The smallest absolute Gasteiger partial charge is 0.136 e. The fourth-order valence-electron chi connectivity index (χ4n) is 2.72. The molecule has 0 radical (unpaired) electrons. The van der Waals surface area contributed by atoms with Crippen LogP contribution in [0.15, 0.2) is 24.3 Å². The third-order valence-corrected chi connectivity index (χ3v) is 4.69. The summed E-state index contributed by atoms with van der Waals surface area (Å²) in [5.41, 5.74) is 1.56. The standard InChI is InChI=1S/C18H26O2/c1-4-18(2,3)15-8-10-16(11-9-15)20-13-12-14-6-5-7-17(14)19/h8-11,14H,4-7,12-13H2,1-3H3. The lowest BCUT2D eigenvalue weighted by molar-refractivity contribution is -0.121. The second kappa shape index (κ2) is 6.43. The van der Waals surface area contributed by atoms with Crippen LogP contribution in [-0.4, -0.2) is 12.4 Å². The van der Waals surface area contributed by atoms with Gasteiger partial charge in [-0.15, -0.1) is 0 Å². The quantitative estimate of drug-likeness (QED) is 0.762. The molecule has 1 fully saturated rings. The number of ketones is 1. The van der Waals surface area contributed by atoms with Crippen LogP contribution in [0.2, 0.25) is 0 Å². The van der Waals surface area contributed by atoms with Gasteiger partial charge in [-0.1, -0.05) is 32.9 Å². The van der Waals surface area contributed by atoms with E-state index in [9.17, 15) is 4.79 Å². The maximum Gasteiger partial charge on any atom is 0.136 e. The summed E-state index contributed by atoms with van der Waals surface area (Å²) in [5.74, 6) is 1.58. The average molecular weight is 274 g/mol. The van der Waals surface area contributed by atoms with Gasteiger partial charge in [-0.2, -0.15) is 0 Å². The van der Waals surface area contributed by atoms with Crippen LogP contribution in [0.4, 0.5) is 0 Å². The van der Waals surface area contributed by atoms with E-state index in [2.05, 4.69) is 32.9 Å². The third-order valence-electron chi connectivity index (χ3n) is 4.69. The Morgan fingerprint density at radius 1 is 1.25 bits per heavy atom. The van der Waals surface area contributed by atoms with Crippen LogP contribution in [0, 0.1) is 5.92 Å². The fraction of sp³-hybridized carbons (Fsp3) is 0.611. The topological polar surface area (TPSA) is 26.3 Å². The Morgan fingerprint density at radius 3 is 2.50 bits per heavy atom. The Bertz CT molecular complexity index is 445. The molecule has 0 saturated heterocycles. The molecule has 2 heteroatoms. The molecule has 20 heavy (non-hydrogen) atoms. The zero-order valence-electron chi connectivity index (χ0n) is 12.9. The first-order chi connectivity index (χ1) is 9.53. The molecule has 0 bridgehead atoms. The maximum atomic E-state index is 11.5. The molecule has 0 amide bonds. The first-order valence-electron chi connectivity index (χ1n) is 7.79. The van der Waals surface area contributed by atoms with E-state index in [-0.39, 0.29) is 11.3 Å². The Labute approximate surface area is 122 Å². The Kier molecular flexibility index (Phi) is 4.85. The van der Waals surface area contributed by atoms with Crippen molar-refractivity contribution >= 4 is 5.78 Å². The molecule has 110 valence electrons. The van der Waals surface area contributed by atoms with E-state index in [1.54, 1.807) is 0 Å². The van der Waals surface area contributed by atoms with Crippen molar-refractivity contribution in [2.24, 2.45) is 5.92 Å². The van der Waals surface area contributed by atoms with Gasteiger partial charge in [-0.25, -0.2) is 0 Å². The maximum absolute atomic E-state index is 11.5. The summed E-state index contributed by atoms with van der Waals surface area (Å²) in [5, 5.41) is 0. The first kappa shape index (κ1) is 15.1. The number of ether oxygens (including phenoxy) is 1. The van der Waals surface area contributed by atoms with Crippen LogP contribution in [0.5, 0.6) is 5.75 Å². The summed E-state index contributed by atoms with van der Waals surface area (Å²) >= 11 is 0. The molecule has 0 aliphatic heterocycles. The summed E-state index contributed by atoms with van der Waals surface area (Å²) in [6.07, 6.45) is 4.86. The van der Waals surface area contributed by atoms with Crippen molar-refractivity contribution in [1.82, 2.24) is 0 Å². The summed E-state index contributed by atoms with van der Waals surface area (Å²) < 4.78 is 5.77. The zero-order chi connectivity index (χ0) is 14.6. The van der Waals surface area contributed by atoms with Gasteiger partial charge in [0.1, 0.15) is 11.5 Å². The number of rotatable bonds is 6. The van der Waals surface area contributed by atoms with E-state index in [1.165, 1.54) is 5.56 Å². The van der Waals surface area contributed by atoms with E-state index >= 15 is 0 Å². The molecule has 1 aliphatic carbocycles. The van der Waals surface area contributed by atoms with Crippen LogP contribution < -0.4 is 4.74 Å². The van der Waals surface area contributed by atoms with Gasteiger partial charge in [-0.3, -0.25) is 4.79 Å². The van der Waals surface area contributed by atoms with E-state index < -0.39 is 0 Å². The van der Waals surface area contributed by atoms with Gasteiger partial charge in [0.25, 0.3) is 0 Å². The SMILES string of the molecule is CCC(C)(C)c1ccc(OCCC2CCCC2=O)cc1. The molecule has 2 nitrogen and oxygen atoms in total. The molecular weight excluding hydrogens is 248 g/mol. The van der Waals surface area contributed by atoms with Crippen LogP contribution in [-0.2, 0) is 10.2 Å². The van der Waals surface area contributed by atoms with Crippen molar-refractivity contribution in [3.05, 3.63) is 29.8 Å². The van der Waals surface area contributed by atoms with E-state index in [0.29, 0.717) is 12.4 Å². The summed E-state index contributed by atoms with van der Waals surface area (Å²) in [7, 11) is 0. The highest BCUT2D eigenvalue weighted by Crippen LogP contribution is 2.28. The predicted molar refractivity (Wildman–Crippen MR) is 82.2 cm³/mol. The first-order valence-corrected chi connectivity index (χ1v) is 7.79. The fourth-order valence-corrected chi connectivity index (χ4v) is 2.72. The molecule has 0 N–H and O–H groups in total. The van der Waals surface area contributed by atoms with Gasteiger partial charge in [-0.05, 0) is 48.8 Å². The molecular formula is C18H26O2. The monoisotopic (exact) mass is 274 g/mol. The summed E-state index contributed by atoms with van der Waals surface area (Å²) in [6, 6.07) is 8.39. The average Bonchev–Trinajstić information content (AvgIpc) is 2.85. The van der Waals surface area contributed by atoms with Crippen LogP contribution in [0.25, 0.3) is 0 Å². The second-order valence-electron chi connectivity index (χ2n) is 6.45. The van der Waals surface area contributed by atoms with Crippen molar-refractivity contribution in [1.29, 1.82) is 0 Å². The van der Waals surface area contributed by atoms with Gasteiger partial charge in [0.2, 0.25) is 0 Å². The zero-order valence-corrected chi connectivity index (χ0v) is 12.9. The van der Waals surface area contributed by atoms with E-state index in [4.69, 9.17) is 4.74 Å². The van der Waals surface area contributed by atoms with Crippen molar-refractivity contribution < 1.29 is 9.53 Å². The Hall–Kier alpha value is -1.31. The second-order valence-corrected chi connectivity index (χ2v) is 6.45. The molecule has 0 heterocycles. The van der Waals surface area contributed by atoms with Gasteiger partial charge >= 0.3 is 0 Å². The van der Waals surface area contributed by atoms with Crippen LogP contribution in [0.1, 0.15) is 58.4 Å². The molecule has 1 saturated carbocycles. The lowest BCUT2D eigenvalue weighted by Gasteiger charge is -2.23. The van der Waals surface area contributed by atoms with Crippen molar-refractivity contribution in [3.63, 3.8) is 0 Å². The van der Waals surface area contributed by atoms with E-state index in [0.717, 1.165) is 37.9 Å². The molecule has 1 aliphatic rings. The minimum Gasteiger partial charge on any atom is -0.494 e. The molecule has 1 aromatic rings. The summed E-state index contributed by atoms with van der Waals surface area (Å²) in [4.78, 5) is 11.5. The highest BCUT2D eigenvalue weighted by atomic mass is 16.5. The van der Waals surface area contributed by atoms with Crippen molar-refractivity contribution in [3.8, 4) is 5.75 Å². The molecule has 1 atom stereocenters. The van der Waals surface area contributed by atoms with Gasteiger partial charge in [0.15, 0.2) is 0 Å².